The SMILES string of the molecule is CC(C)CCNC(=O)c1ccc(N2CCN(C=O)CC2)cn1. The summed E-state index contributed by atoms with van der Waals surface area (Å²) in [6.07, 6.45) is 3.58. The van der Waals surface area contributed by atoms with Crippen LogP contribution in [-0.4, -0.2) is 54.9 Å². The average molecular weight is 304 g/mol. The molecule has 2 rings (SSSR count). The predicted molar refractivity (Wildman–Crippen MR) is 85.9 cm³/mol. The molecule has 1 aliphatic rings. The highest BCUT2D eigenvalue weighted by molar-refractivity contribution is 5.92. The largest absolute Gasteiger partial charge is 0.367 e. The van der Waals surface area contributed by atoms with Gasteiger partial charge >= 0.3 is 0 Å². The third-order valence-electron chi connectivity index (χ3n) is 3.82. The molecule has 0 unspecified atom stereocenters. The maximum Gasteiger partial charge on any atom is 0.269 e. The fourth-order valence-corrected chi connectivity index (χ4v) is 2.36. The van der Waals surface area contributed by atoms with Gasteiger partial charge in [-0.05, 0) is 24.5 Å². The van der Waals surface area contributed by atoms with Gasteiger partial charge in [0, 0.05) is 32.7 Å². The first-order valence-electron chi connectivity index (χ1n) is 7.78. The normalized spacial score (nSPS) is 15.0. The molecule has 1 fully saturated rings. The minimum Gasteiger partial charge on any atom is -0.367 e. The maximum absolute atomic E-state index is 12.0. The molecule has 6 heteroatoms. The van der Waals surface area contributed by atoms with E-state index in [9.17, 15) is 9.59 Å². The van der Waals surface area contributed by atoms with Gasteiger partial charge in [0.25, 0.3) is 5.91 Å². The first-order chi connectivity index (χ1) is 10.6. The summed E-state index contributed by atoms with van der Waals surface area (Å²) in [4.78, 5) is 30.9. The predicted octanol–water partition coefficient (Wildman–Crippen LogP) is 1.14. The number of carbonyl (C=O) groups excluding carboxylic acids is 2. The van der Waals surface area contributed by atoms with Gasteiger partial charge in [0.05, 0.1) is 11.9 Å². The molecule has 1 aromatic heterocycles. The van der Waals surface area contributed by atoms with Crippen molar-refractivity contribution in [3.8, 4) is 0 Å². The van der Waals surface area contributed by atoms with Gasteiger partial charge in [-0.1, -0.05) is 13.8 Å². The molecule has 120 valence electrons. The summed E-state index contributed by atoms with van der Waals surface area (Å²) in [5.74, 6) is 0.443. The highest BCUT2D eigenvalue weighted by Crippen LogP contribution is 2.15. The Morgan fingerprint density at radius 1 is 1.32 bits per heavy atom. The van der Waals surface area contributed by atoms with E-state index in [0.717, 1.165) is 44.7 Å². The summed E-state index contributed by atoms with van der Waals surface area (Å²) >= 11 is 0. The Kier molecular flexibility index (Phi) is 5.75. The van der Waals surface area contributed by atoms with E-state index in [1.165, 1.54) is 0 Å². The minimum absolute atomic E-state index is 0.127. The quantitative estimate of drug-likeness (QED) is 0.800. The first-order valence-corrected chi connectivity index (χ1v) is 7.78. The molecule has 22 heavy (non-hydrogen) atoms. The number of piperazine rings is 1. The number of aromatic nitrogens is 1. The van der Waals surface area contributed by atoms with Gasteiger partial charge in [-0.15, -0.1) is 0 Å². The number of pyridine rings is 1. The highest BCUT2D eigenvalue weighted by Gasteiger charge is 2.16. The van der Waals surface area contributed by atoms with Gasteiger partial charge in [-0.3, -0.25) is 9.59 Å². The summed E-state index contributed by atoms with van der Waals surface area (Å²) < 4.78 is 0. The monoisotopic (exact) mass is 304 g/mol. The zero-order valence-electron chi connectivity index (χ0n) is 13.3. The van der Waals surface area contributed by atoms with E-state index in [0.29, 0.717) is 18.2 Å². The minimum atomic E-state index is -0.127. The molecule has 2 heterocycles. The zero-order valence-corrected chi connectivity index (χ0v) is 13.3. The van der Waals surface area contributed by atoms with Crippen LogP contribution in [0.4, 0.5) is 5.69 Å². The lowest BCUT2D eigenvalue weighted by molar-refractivity contribution is -0.118. The van der Waals surface area contributed by atoms with E-state index in [1.54, 1.807) is 17.2 Å². The third-order valence-corrected chi connectivity index (χ3v) is 3.82. The van der Waals surface area contributed by atoms with Crippen LogP contribution in [0.25, 0.3) is 0 Å². The number of anilines is 1. The summed E-state index contributed by atoms with van der Waals surface area (Å²) in [6.45, 7) is 7.96. The van der Waals surface area contributed by atoms with Crippen molar-refractivity contribution in [3.05, 3.63) is 24.0 Å². The van der Waals surface area contributed by atoms with Gasteiger partial charge in [0.15, 0.2) is 0 Å². The van der Waals surface area contributed by atoms with Crippen molar-refractivity contribution < 1.29 is 9.59 Å². The summed E-state index contributed by atoms with van der Waals surface area (Å²) in [5, 5.41) is 2.88. The fourth-order valence-electron chi connectivity index (χ4n) is 2.36. The van der Waals surface area contributed by atoms with Crippen LogP contribution in [-0.2, 0) is 4.79 Å². The van der Waals surface area contributed by atoms with Gasteiger partial charge in [0.1, 0.15) is 5.69 Å². The summed E-state index contributed by atoms with van der Waals surface area (Å²) in [5.41, 5.74) is 1.43. The van der Waals surface area contributed by atoms with Crippen molar-refractivity contribution >= 4 is 18.0 Å². The van der Waals surface area contributed by atoms with Crippen LogP contribution in [0.3, 0.4) is 0 Å². The molecule has 1 saturated heterocycles. The molecule has 0 aliphatic carbocycles. The van der Waals surface area contributed by atoms with Crippen molar-refractivity contribution in [2.45, 2.75) is 20.3 Å². The van der Waals surface area contributed by atoms with Gasteiger partial charge in [-0.25, -0.2) is 4.98 Å². The number of nitrogens with zero attached hydrogens (tertiary/aromatic N) is 3. The van der Waals surface area contributed by atoms with Crippen LogP contribution in [0.2, 0.25) is 0 Å². The average Bonchev–Trinajstić information content (AvgIpc) is 2.54. The van der Waals surface area contributed by atoms with E-state index in [2.05, 4.69) is 29.0 Å². The summed E-state index contributed by atoms with van der Waals surface area (Å²) in [6, 6.07) is 3.67. The van der Waals surface area contributed by atoms with E-state index >= 15 is 0 Å². The van der Waals surface area contributed by atoms with Crippen LogP contribution >= 0.6 is 0 Å². The lowest BCUT2D eigenvalue weighted by Crippen LogP contribution is -2.45. The zero-order chi connectivity index (χ0) is 15.9. The Morgan fingerprint density at radius 3 is 2.59 bits per heavy atom. The Balaban J connectivity index is 1.87. The molecule has 0 aromatic carbocycles. The van der Waals surface area contributed by atoms with Crippen molar-refractivity contribution in [1.29, 1.82) is 0 Å². The second-order valence-electron chi connectivity index (χ2n) is 5.97. The molecule has 6 nitrogen and oxygen atoms in total. The fraction of sp³-hybridized carbons (Fsp3) is 0.562. The summed E-state index contributed by atoms with van der Waals surface area (Å²) in [7, 11) is 0. The topological polar surface area (TPSA) is 65.5 Å². The van der Waals surface area contributed by atoms with Crippen molar-refractivity contribution in [2.75, 3.05) is 37.6 Å². The number of rotatable bonds is 6. The number of amides is 2. The third kappa shape index (κ3) is 4.44. The van der Waals surface area contributed by atoms with Crippen LogP contribution in [0.5, 0.6) is 0 Å². The van der Waals surface area contributed by atoms with Crippen LogP contribution < -0.4 is 10.2 Å². The molecule has 1 N–H and O–H groups in total. The maximum atomic E-state index is 12.0. The molecule has 2 amide bonds. The standard InChI is InChI=1S/C16H24N4O2/c1-13(2)5-6-17-16(22)15-4-3-14(11-18-15)20-9-7-19(12-21)8-10-20/h3-4,11-13H,5-10H2,1-2H3,(H,17,22). The van der Waals surface area contributed by atoms with Crippen LogP contribution in [0, 0.1) is 5.92 Å². The number of hydrogen-bond donors (Lipinski definition) is 1. The Hall–Kier alpha value is -2.11. The van der Waals surface area contributed by atoms with Gasteiger partial charge < -0.3 is 15.1 Å². The molecular weight excluding hydrogens is 280 g/mol. The smallest absolute Gasteiger partial charge is 0.269 e. The second kappa shape index (κ2) is 7.77. The van der Waals surface area contributed by atoms with E-state index in [1.807, 2.05) is 6.07 Å². The van der Waals surface area contributed by atoms with Crippen LogP contribution in [0.15, 0.2) is 18.3 Å². The van der Waals surface area contributed by atoms with E-state index < -0.39 is 0 Å². The lowest BCUT2D eigenvalue weighted by Gasteiger charge is -2.33. The highest BCUT2D eigenvalue weighted by atomic mass is 16.2. The van der Waals surface area contributed by atoms with E-state index in [4.69, 9.17) is 0 Å². The molecule has 1 aliphatic heterocycles. The Morgan fingerprint density at radius 2 is 2.05 bits per heavy atom. The molecule has 1 aromatic rings. The number of nitrogens with one attached hydrogen (secondary N) is 1. The molecular formula is C16H24N4O2. The number of hydrogen-bond acceptors (Lipinski definition) is 4. The van der Waals surface area contributed by atoms with Crippen molar-refractivity contribution in [3.63, 3.8) is 0 Å². The van der Waals surface area contributed by atoms with Crippen molar-refractivity contribution in [1.82, 2.24) is 15.2 Å². The second-order valence-corrected chi connectivity index (χ2v) is 5.97. The molecule has 0 bridgehead atoms. The van der Waals surface area contributed by atoms with E-state index in [-0.39, 0.29) is 5.91 Å². The van der Waals surface area contributed by atoms with Gasteiger partial charge in [0.2, 0.25) is 6.41 Å². The Bertz CT molecular complexity index is 493. The molecule has 0 radical (unpaired) electrons. The number of carbonyl (C=O) groups is 2. The molecule has 0 saturated carbocycles. The Labute approximate surface area is 131 Å². The van der Waals surface area contributed by atoms with Crippen LogP contribution in [0.1, 0.15) is 30.8 Å². The van der Waals surface area contributed by atoms with Gasteiger partial charge in [-0.2, -0.15) is 0 Å². The lowest BCUT2D eigenvalue weighted by atomic mass is 10.1. The molecule has 0 spiro atoms. The van der Waals surface area contributed by atoms with Crippen molar-refractivity contribution in [2.24, 2.45) is 5.92 Å². The first kappa shape index (κ1) is 16.3. The molecule has 0 atom stereocenters.